The van der Waals surface area contributed by atoms with Gasteiger partial charge in [-0.05, 0) is 6.42 Å². The van der Waals surface area contributed by atoms with Crippen molar-refractivity contribution in [3.63, 3.8) is 0 Å². The van der Waals surface area contributed by atoms with Gasteiger partial charge < -0.3 is 42.6 Å². The second-order valence-corrected chi connectivity index (χ2v) is 9.09. The minimum Gasteiger partial charge on any atom is -0.463 e. The van der Waals surface area contributed by atoms with Crippen molar-refractivity contribution in [1.29, 1.82) is 0 Å². The van der Waals surface area contributed by atoms with Crippen LogP contribution >= 0.6 is 0 Å². The van der Waals surface area contributed by atoms with E-state index in [2.05, 4.69) is 6.92 Å². The Labute approximate surface area is 250 Å². The molecular formula is C29H51NO12. The van der Waals surface area contributed by atoms with Gasteiger partial charge in [-0.1, -0.05) is 26.2 Å². The lowest BCUT2D eigenvalue weighted by Crippen LogP contribution is -2.33. The molecule has 0 fully saturated rings. The molecule has 1 rings (SSSR count). The third-order valence-corrected chi connectivity index (χ3v) is 5.69. The number of rotatable bonds is 32. The molecule has 42 heavy (non-hydrogen) atoms. The van der Waals surface area contributed by atoms with Crippen molar-refractivity contribution in [2.75, 3.05) is 119 Å². The van der Waals surface area contributed by atoms with Crippen molar-refractivity contribution < 1.29 is 57.0 Å². The molecule has 0 aliphatic carbocycles. The van der Waals surface area contributed by atoms with Crippen LogP contribution in [0.25, 0.3) is 0 Å². The van der Waals surface area contributed by atoms with E-state index in [1.54, 1.807) is 0 Å². The average molecular weight is 606 g/mol. The molecule has 0 saturated heterocycles. The lowest BCUT2D eigenvalue weighted by molar-refractivity contribution is -0.145. The maximum Gasteiger partial charge on any atom is 0.305 e. The minimum atomic E-state index is -0.308. The monoisotopic (exact) mass is 605 g/mol. The molecule has 0 atom stereocenters. The maximum absolute atomic E-state index is 11.5. The molecule has 0 unspecified atom stereocenters. The van der Waals surface area contributed by atoms with E-state index >= 15 is 0 Å². The number of nitrogens with zero attached hydrogens (tertiary/aromatic N) is 1. The molecule has 0 bridgehead atoms. The molecule has 13 heteroatoms. The van der Waals surface area contributed by atoms with Crippen LogP contribution in [-0.4, -0.2) is 142 Å². The van der Waals surface area contributed by atoms with Gasteiger partial charge in [0.2, 0.25) is 0 Å². The molecule has 1 aliphatic rings. The first-order chi connectivity index (χ1) is 20.6. The molecule has 0 spiro atoms. The highest BCUT2D eigenvalue weighted by molar-refractivity contribution is 6.12. The molecular weight excluding hydrogens is 554 g/mol. The van der Waals surface area contributed by atoms with E-state index in [0.29, 0.717) is 106 Å². The van der Waals surface area contributed by atoms with Crippen LogP contribution in [0, 0.1) is 0 Å². The molecule has 0 N–H and O–H groups in total. The van der Waals surface area contributed by atoms with Crippen LogP contribution in [0.5, 0.6) is 0 Å². The maximum atomic E-state index is 11.5. The molecule has 1 heterocycles. The van der Waals surface area contributed by atoms with Gasteiger partial charge in [0.05, 0.1) is 112 Å². The van der Waals surface area contributed by atoms with Gasteiger partial charge in [-0.25, -0.2) is 0 Å². The average Bonchev–Trinajstić information content (AvgIpc) is 3.31. The third-order valence-electron chi connectivity index (χ3n) is 5.69. The van der Waals surface area contributed by atoms with Gasteiger partial charge in [0.25, 0.3) is 11.8 Å². The summed E-state index contributed by atoms with van der Waals surface area (Å²) in [5, 5.41) is 0. The number of hydrogen-bond donors (Lipinski definition) is 0. The second-order valence-electron chi connectivity index (χ2n) is 9.09. The highest BCUT2D eigenvalue weighted by Crippen LogP contribution is 2.03. The first kappa shape index (κ1) is 38.1. The van der Waals surface area contributed by atoms with Crippen molar-refractivity contribution in [2.24, 2.45) is 0 Å². The molecule has 0 radical (unpaired) electrons. The number of carbonyl (C=O) groups excluding carboxylic acids is 3. The molecule has 0 aromatic rings. The quantitative estimate of drug-likeness (QED) is 0.0625. The molecule has 1 aliphatic heterocycles. The van der Waals surface area contributed by atoms with Gasteiger partial charge in [0, 0.05) is 18.6 Å². The highest BCUT2D eigenvalue weighted by Gasteiger charge is 2.22. The SMILES string of the molecule is CCCCCCC(=O)OCCOCCOCCOCCOCCOCCOCCOCCOCCN1C(=O)C=CC1=O. The fourth-order valence-electron chi connectivity index (χ4n) is 3.43. The van der Waals surface area contributed by atoms with Crippen LogP contribution in [0.2, 0.25) is 0 Å². The largest absolute Gasteiger partial charge is 0.463 e. The molecule has 244 valence electrons. The predicted molar refractivity (Wildman–Crippen MR) is 152 cm³/mol. The smallest absolute Gasteiger partial charge is 0.305 e. The Balaban J connectivity index is 1.65. The topological polar surface area (TPSA) is 138 Å². The Hall–Kier alpha value is -1.97. The predicted octanol–water partition coefficient (Wildman–Crippen LogP) is 1.56. The van der Waals surface area contributed by atoms with Gasteiger partial charge in [-0.15, -0.1) is 0 Å². The van der Waals surface area contributed by atoms with Gasteiger partial charge in [0.1, 0.15) is 6.61 Å². The number of amides is 2. The van der Waals surface area contributed by atoms with Crippen molar-refractivity contribution in [3.05, 3.63) is 12.2 Å². The molecule has 0 saturated carbocycles. The van der Waals surface area contributed by atoms with E-state index in [1.807, 2.05) is 0 Å². The number of hydrogen-bond acceptors (Lipinski definition) is 12. The number of esters is 1. The summed E-state index contributed by atoms with van der Waals surface area (Å²) in [7, 11) is 0. The Morgan fingerprint density at radius 1 is 0.524 bits per heavy atom. The number of ether oxygens (including phenoxy) is 9. The van der Waals surface area contributed by atoms with Crippen LogP contribution in [-0.2, 0) is 57.0 Å². The van der Waals surface area contributed by atoms with E-state index in [1.165, 1.54) is 12.2 Å². The Morgan fingerprint density at radius 3 is 1.26 bits per heavy atom. The zero-order valence-corrected chi connectivity index (χ0v) is 25.3. The van der Waals surface area contributed by atoms with E-state index in [0.717, 1.165) is 30.6 Å². The van der Waals surface area contributed by atoms with Crippen molar-refractivity contribution >= 4 is 17.8 Å². The van der Waals surface area contributed by atoms with E-state index in [4.69, 9.17) is 42.6 Å². The number of carbonyl (C=O) groups is 3. The summed E-state index contributed by atoms with van der Waals surface area (Å²) in [4.78, 5) is 35.4. The summed E-state index contributed by atoms with van der Waals surface area (Å²) in [6, 6.07) is 0. The summed E-state index contributed by atoms with van der Waals surface area (Å²) in [5.41, 5.74) is 0. The third kappa shape index (κ3) is 23.6. The standard InChI is InChI=1S/C29H51NO12/c1-2-3-4-5-6-29(33)42-26-25-41-24-23-40-22-21-39-20-19-38-18-17-37-16-15-36-14-13-35-12-11-34-10-9-30-27(31)7-8-28(30)32/h7-8H,2-6,9-26H2,1H3. The normalized spacial score (nSPS) is 13.0. The van der Waals surface area contributed by atoms with Gasteiger partial charge in [-0.2, -0.15) is 0 Å². The number of imide groups is 1. The van der Waals surface area contributed by atoms with Crippen LogP contribution < -0.4 is 0 Å². The fraction of sp³-hybridized carbons (Fsp3) is 0.828. The summed E-state index contributed by atoms with van der Waals surface area (Å²) in [6.07, 6.45) is 7.24. The van der Waals surface area contributed by atoms with E-state index in [9.17, 15) is 14.4 Å². The molecule has 0 aromatic carbocycles. The van der Waals surface area contributed by atoms with Gasteiger partial charge >= 0.3 is 5.97 Å². The van der Waals surface area contributed by atoms with Crippen LogP contribution in [0.15, 0.2) is 12.2 Å². The van der Waals surface area contributed by atoms with E-state index < -0.39 is 0 Å². The van der Waals surface area contributed by atoms with Crippen LogP contribution in [0.4, 0.5) is 0 Å². The van der Waals surface area contributed by atoms with Crippen molar-refractivity contribution in [2.45, 2.75) is 39.0 Å². The summed E-state index contributed by atoms with van der Waals surface area (Å²) >= 11 is 0. The molecule has 0 aromatic heterocycles. The first-order valence-electron chi connectivity index (χ1n) is 15.0. The number of unbranched alkanes of at least 4 members (excludes halogenated alkanes) is 3. The molecule has 13 nitrogen and oxygen atoms in total. The van der Waals surface area contributed by atoms with E-state index in [-0.39, 0.29) is 37.5 Å². The van der Waals surface area contributed by atoms with Crippen molar-refractivity contribution in [3.8, 4) is 0 Å². The summed E-state index contributed by atoms with van der Waals surface area (Å²) < 4.78 is 48.4. The highest BCUT2D eigenvalue weighted by atomic mass is 16.6. The minimum absolute atomic E-state index is 0.159. The van der Waals surface area contributed by atoms with Gasteiger partial charge in [0.15, 0.2) is 0 Å². The lowest BCUT2D eigenvalue weighted by Gasteiger charge is -2.13. The summed E-state index contributed by atoms with van der Waals surface area (Å²) in [5.74, 6) is -0.774. The van der Waals surface area contributed by atoms with Crippen LogP contribution in [0.1, 0.15) is 39.0 Å². The van der Waals surface area contributed by atoms with Crippen molar-refractivity contribution in [1.82, 2.24) is 4.90 Å². The molecule has 2 amide bonds. The fourth-order valence-corrected chi connectivity index (χ4v) is 3.43. The Kier molecular flexibility index (Phi) is 26.4. The van der Waals surface area contributed by atoms with Gasteiger partial charge in [-0.3, -0.25) is 19.3 Å². The Morgan fingerprint density at radius 2 is 0.881 bits per heavy atom. The second kappa shape index (κ2) is 29.1. The first-order valence-corrected chi connectivity index (χ1v) is 15.0. The summed E-state index contributed by atoms with van der Waals surface area (Å²) in [6.45, 7) is 9.68. The van der Waals surface area contributed by atoms with Crippen LogP contribution in [0.3, 0.4) is 0 Å². The zero-order valence-electron chi connectivity index (χ0n) is 25.3. The Bertz CT molecular complexity index is 688. The zero-order chi connectivity index (χ0) is 30.4. The lowest BCUT2D eigenvalue weighted by atomic mass is 10.2.